The Morgan fingerprint density at radius 2 is 1.45 bits per heavy atom. The van der Waals surface area contributed by atoms with Crippen LogP contribution in [0.1, 0.15) is 16.7 Å². The van der Waals surface area contributed by atoms with E-state index in [9.17, 15) is 0 Å². The van der Waals surface area contributed by atoms with Crippen LogP contribution in [0.2, 0.25) is 0 Å². The third-order valence-corrected chi connectivity index (χ3v) is 3.84. The minimum atomic E-state index is 0.880. The number of methoxy groups -OCH3 is 1. The highest BCUT2D eigenvalue weighted by Gasteiger charge is 2.12. The number of aryl methyl sites for hydroxylation is 1. The van der Waals surface area contributed by atoms with Gasteiger partial charge in [0.05, 0.1) is 7.11 Å². The van der Waals surface area contributed by atoms with Crippen molar-refractivity contribution in [2.45, 2.75) is 13.3 Å². The Balaban J connectivity index is 2.09. The summed E-state index contributed by atoms with van der Waals surface area (Å²) in [6, 6.07) is 25.4. The molecular formula is C21H20O. The van der Waals surface area contributed by atoms with E-state index >= 15 is 0 Å². The zero-order chi connectivity index (χ0) is 15.4. The highest BCUT2D eigenvalue weighted by Crippen LogP contribution is 2.35. The predicted molar refractivity (Wildman–Crippen MR) is 92.4 cm³/mol. The molecule has 3 aromatic rings. The van der Waals surface area contributed by atoms with Crippen LogP contribution in [0.5, 0.6) is 5.75 Å². The largest absolute Gasteiger partial charge is 0.496 e. The van der Waals surface area contributed by atoms with Crippen molar-refractivity contribution in [1.82, 2.24) is 0 Å². The zero-order valence-electron chi connectivity index (χ0n) is 13.0. The van der Waals surface area contributed by atoms with E-state index in [2.05, 4.69) is 67.6 Å². The molecule has 1 heteroatoms. The normalized spacial score (nSPS) is 10.5. The molecule has 0 aliphatic rings. The minimum Gasteiger partial charge on any atom is -0.496 e. The summed E-state index contributed by atoms with van der Waals surface area (Å²) in [5, 5.41) is 0. The third-order valence-electron chi connectivity index (χ3n) is 3.84. The maximum atomic E-state index is 5.76. The lowest BCUT2D eigenvalue weighted by molar-refractivity contribution is 0.412. The van der Waals surface area contributed by atoms with Crippen molar-refractivity contribution in [1.29, 1.82) is 0 Å². The Kier molecular flexibility index (Phi) is 4.24. The van der Waals surface area contributed by atoms with Crippen LogP contribution in [0, 0.1) is 6.92 Å². The van der Waals surface area contributed by atoms with Gasteiger partial charge < -0.3 is 4.74 Å². The van der Waals surface area contributed by atoms with Gasteiger partial charge in [-0.25, -0.2) is 0 Å². The van der Waals surface area contributed by atoms with Gasteiger partial charge in [0, 0.05) is 12.0 Å². The third kappa shape index (κ3) is 3.04. The maximum Gasteiger partial charge on any atom is 0.130 e. The number of hydrogen-bond donors (Lipinski definition) is 0. The van der Waals surface area contributed by atoms with Crippen LogP contribution in [0.4, 0.5) is 0 Å². The molecule has 0 saturated heterocycles. The van der Waals surface area contributed by atoms with Crippen molar-refractivity contribution in [3.63, 3.8) is 0 Å². The van der Waals surface area contributed by atoms with Crippen molar-refractivity contribution in [2.75, 3.05) is 7.11 Å². The first kappa shape index (κ1) is 14.4. The molecule has 0 unspecified atom stereocenters. The van der Waals surface area contributed by atoms with Crippen molar-refractivity contribution < 1.29 is 4.74 Å². The summed E-state index contributed by atoms with van der Waals surface area (Å²) in [6.07, 6.45) is 0.880. The number of benzene rings is 3. The smallest absolute Gasteiger partial charge is 0.130 e. The van der Waals surface area contributed by atoms with E-state index in [0.29, 0.717) is 0 Å². The zero-order valence-corrected chi connectivity index (χ0v) is 13.0. The Morgan fingerprint density at radius 1 is 0.818 bits per heavy atom. The lowest BCUT2D eigenvalue weighted by atomic mass is 9.95. The van der Waals surface area contributed by atoms with E-state index in [4.69, 9.17) is 4.74 Å². The fourth-order valence-corrected chi connectivity index (χ4v) is 2.87. The van der Waals surface area contributed by atoms with Gasteiger partial charge >= 0.3 is 0 Å². The molecule has 0 heterocycles. The van der Waals surface area contributed by atoms with E-state index in [1.54, 1.807) is 7.11 Å². The van der Waals surface area contributed by atoms with Crippen molar-refractivity contribution in [3.05, 3.63) is 89.5 Å². The molecule has 0 aliphatic carbocycles. The SMILES string of the molecule is COc1c(Cc2ccccc2)cc(C)cc1-c1ccccc1. The number of ether oxygens (including phenoxy) is 1. The van der Waals surface area contributed by atoms with Gasteiger partial charge in [-0.2, -0.15) is 0 Å². The van der Waals surface area contributed by atoms with Crippen LogP contribution >= 0.6 is 0 Å². The van der Waals surface area contributed by atoms with E-state index in [0.717, 1.165) is 17.7 Å². The summed E-state index contributed by atoms with van der Waals surface area (Å²) in [5.41, 5.74) is 6.13. The summed E-state index contributed by atoms with van der Waals surface area (Å²) in [4.78, 5) is 0. The summed E-state index contributed by atoms with van der Waals surface area (Å²) < 4.78 is 5.76. The molecule has 0 saturated carbocycles. The predicted octanol–water partition coefficient (Wildman–Crippen LogP) is 5.26. The van der Waals surface area contributed by atoms with Crippen LogP contribution in [-0.2, 0) is 6.42 Å². The van der Waals surface area contributed by atoms with E-state index in [-0.39, 0.29) is 0 Å². The Bertz CT molecular complexity index is 746. The molecule has 0 amide bonds. The molecule has 22 heavy (non-hydrogen) atoms. The summed E-state index contributed by atoms with van der Waals surface area (Å²) in [7, 11) is 1.76. The molecule has 0 aromatic heterocycles. The van der Waals surface area contributed by atoms with Crippen LogP contribution in [0.3, 0.4) is 0 Å². The highest BCUT2D eigenvalue weighted by atomic mass is 16.5. The fourth-order valence-electron chi connectivity index (χ4n) is 2.87. The van der Waals surface area contributed by atoms with Crippen molar-refractivity contribution >= 4 is 0 Å². The van der Waals surface area contributed by atoms with Gasteiger partial charge in [0.2, 0.25) is 0 Å². The second-order valence-corrected chi connectivity index (χ2v) is 5.53. The first-order valence-electron chi connectivity index (χ1n) is 7.55. The average molecular weight is 288 g/mol. The van der Waals surface area contributed by atoms with Gasteiger partial charge in [-0.15, -0.1) is 0 Å². The molecule has 0 radical (unpaired) electrons. The molecule has 0 fully saturated rings. The molecule has 0 atom stereocenters. The van der Waals surface area contributed by atoms with Crippen molar-refractivity contribution in [2.24, 2.45) is 0 Å². The van der Waals surface area contributed by atoms with Gasteiger partial charge in [0.1, 0.15) is 5.75 Å². The first-order chi connectivity index (χ1) is 10.8. The monoisotopic (exact) mass is 288 g/mol. The Hall–Kier alpha value is -2.54. The van der Waals surface area contributed by atoms with Crippen LogP contribution in [0.15, 0.2) is 72.8 Å². The molecule has 0 spiro atoms. The van der Waals surface area contributed by atoms with E-state index in [1.165, 1.54) is 22.3 Å². The minimum absolute atomic E-state index is 0.880. The first-order valence-corrected chi connectivity index (χ1v) is 7.55. The lowest BCUT2D eigenvalue weighted by Gasteiger charge is -2.15. The molecule has 110 valence electrons. The maximum absolute atomic E-state index is 5.76. The van der Waals surface area contributed by atoms with E-state index in [1.807, 2.05) is 12.1 Å². The molecular weight excluding hydrogens is 268 g/mol. The molecule has 1 nitrogen and oxygen atoms in total. The van der Waals surface area contributed by atoms with Gasteiger partial charge in [-0.3, -0.25) is 0 Å². The topological polar surface area (TPSA) is 9.23 Å². The van der Waals surface area contributed by atoms with Gasteiger partial charge in [0.25, 0.3) is 0 Å². The van der Waals surface area contributed by atoms with Crippen LogP contribution < -0.4 is 4.74 Å². The van der Waals surface area contributed by atoms with Crippen LogP contribution in [0.25, 0.3) is 11.1 Å². The standard InChI is InChI=1S/C21H20O/c1-16-13-19(15-17-9-5-3-6-10-17)21(22-2)20(14-16)18-11-7-4-8-12-18/h3-14H,15H2,1-2H3. The quantitative estimate of drug-likeness (QED) is 0.636. The Labute approximate surface area is 132 Å². The molecule has 0 bridgehead atoms. The molecule has 3 aromatic carbocycles. The average Bonchev–Trinajstić information content (AvgIpc) is 2.56. The second-order valence-electron chi connectivity index (χ2n) is 5.53. The molecule has 0 aliphatic heterocycles. The highest BCUT2D eigenvalue weighted by molar-refractivity contribution is 5.73. The molecule has 0 N–H and O–H groups in total. The van der Waals surface area contributed by atoms with Gasteiger partial charge in [0.15, 0.2) is 0 Å². The Morgan fingerprint density at radius 3 is 2.09 bits per heavy atom. The summed E-state index contributed by atoms with van der Waals surface area (Å²) in [5.74, 6) is 0.973. The second kappa shape index (κ2) is 6.48. The lowest BCUT2D eigenvalue weighted by Crippen LogP contribution is -1.97. The van der Waals surface area contributed by atoms with Crippen molar-refractivity contribution in [3.8, 4) is 16.9 Å². The summed E-state index contributed by atoms with van der Waals surface area (Å²) in [6.45, 7) is 2.14. The molecule has 3 rings (SSSR count). The fraction of sp³-hybridized carbons (Fsp3) is 0.143. The van der Waals surface area contributed by atoms with E-state index < -0.39 is 0 Å². The number of rotatable bonds is 4. The van der Waals surface area contributed by atoms with Gasteiger partial charge in [-0.05, 0) is 35.2 Å². The van der Waals surface area contributed by atoms with Crippen LogP contribution in [-0.4, -0.2) is 7.11 Å². The number of hydrogen-bond acceptors (Lipinski definition) is 1. The summed E-state index contributed by atoms with van der Waals surface area (Å²) >= 11 is 0. The van der Waals surface area contributed by atoms with Gasteiger partial charge in [-0.1, -0.05) is 66.7 Å².